The van der Waals surface area contributed by atoms with Gasteiger partial charge in [-0.1, -0.05) is 0 Å². The van der Waals surface area contributed by atoms with Crippen molar-refractivity contribution in [3.63, 3.8) is 0 Å². The molecule has 0 aliphatic carbocycles. The third kappa shape index (κ3) is 1.21. The van der Waals surface area contributed by atoms with Crippen molar-refractivity contribution in [3.8, 4) is 0 Å². The maximum atomic E-state index is 10.9. The smallest absolute Gasteiger partial charge is 0.324 e. The molecule has 70 valence electrons. The molecular formula is C8H11N3O2. The number of nitrogens with one attached hydrogen (secondary N) is 2. The number of aromatic amines is 1. The Balaban J connectivity index is 2.30. The van der Waals surface area contributed by atoms with Gasteiger partial charge in [0, 0.05) is 13.0 Å². The van der Waals surface area contributed by atoms with E-state index >= 15 is 0 Å². The number of imidazole rings is 1. The quantitative estimate of drug-likeness (QED) is 0.565. The van der Waals surface area contributed by atoms with E-state index in [9.17, 15) is 4.79 Å². The molecule has 0 aromatic carbocycles. The Morgan fingerprint density at radius 2 is 2.54 bits per heavy atom. The summed E-state index contributed by atoms with van der Waals surface area (Å²) in [5.74, 6) is -0.832. The third-order valence-corrected chi connectivity index (χ3v) is 2.46. The van der Waals surface area contributed by atoms with E-state index in [2.05, 4.69) is 15.3 Å². The molecule has 0 saturated heterocycles. The fourth-order valence-electron chi connectivity index (χ4n) is 1.49. The van der Waals surface area contributed by atoms with E-state index in [0.717, 1.165) is 11.4 Å². The lowest BCUT2D eigenvalue weighted by molar-refractivity contribution is -0.144. The van der Waals surface area contributed by atoms with Crippen molar-refractivity contribution in [1.29, 1.82) is 0 Å². The van der Waals surface area contributed by atoms with Crippen molar-refractivity contribution in [1.82, 2.24) is 15.3 Å². The normalized spacial score (nSPS) is 26.8. The fraction of sp³-hybridized carbons (Fsp3) is 0.500. The number of rotatable bonds is 1. The largest absolute Gasteiger partial charge is 0.480 e. The van der Waals surface area contributed by atoms with Crippen molar-refractivity contribution < 1.29 is 9.90 Å². The number of hydrogen-bond acceptors (Lipinski definition) is 3. The standard InChI is InChI=1S/C8H11N3O2/c1-8(7(12)13)2-5-6(3-11-8)10-4-9-5/h4,11H,2-3H2,1H3,(H,9,10)(H,12,13). The molecule has 5 heteroatoms. The predicted molar refractivity (Wildman–Crippen MR) is 45.2 cm³/mol. The zero-order valence-corrected chi connectivity index (χ0v) is 7.29. The van der Waals surface area contributed by atoms with E-state index in [0.29, 0.717) is 13.0 Å². The van der Waals surface area contributed by atoms with E-state index < -0.39 is 11.5 Å². The molecule has 0 radical (unpaired) electrons. The van der Waals surface area contributed by atoms with Gasteiger partial charge in [-0.05, 0) is 6.92 Å². The molecule has 0 amide bonds. The highest BCUT2D eigenvalue weighted by Gasteiger charge is 2.37. The second kappa shape index (κ2) is 2.56. The van der Waals surface area contributed by atoms with Gasteiger partial charge in [0.15, 0.2) is 0 Å². The number of H-pyrrole nitrogens is 1. The minimum absolute atomic E-state index is 0.432. The molecule has 1 aromatic rings. The molecule has 1 aliphatic heterocycles. The first-order valence-electron chi connectivity index (χ1n) is 4.11. The van der Waals surface area contributed by atoms with Crippen LogP contribution in [0.1, 0.15) is 18.3 Å². The number of carboxylic acid groups (broad SMARTS) is 1. The van der Waals surface area contributed by atoms with Crippen molar-refractivity contribution in [2.75, 3.05) is 0 Å². The SMILES string of the molecule is CC1(C(=O)O)Cc2nc[nH]c2CN1. The Kier molecular flexibility index (Phi) is 1.63. The minimum Gasteiger partial charge on any atom is -0.480 e. The van der Waals surface area contributed by atoms with Crippen LogP contribution in [0.4, 0.5) is 0 Å². The highest BCUT2D eigenvalue weighted by atomic mass is 16.4. The van der Waals surface area contributed by atoms with Crippen LogP contribution < -0.4 is 5.32 Å². The molecule has 3 N–H and O–H groups in total. The fourth-order valence-corrected chi connectivity index (χ4v) is 1.49. The van der Waals surface area contributed by atoms with Crippen molar-refractivity contribution in [2.45, 2.75) is 25.4 Å². The average Bonchev–Trinajstić information content (AvgIpc) is 2.50. The van der Waals surface area contributed by atoms with E-state index in [1.807, 2.05) is 0 Å². The molecule has 5 nitrogen and oxygen atoms in total. The maximum absolute atomic E-state index is 10.9. The summed E-state index contributed by atoms with van der Waals surface area (Å²) < 4.78 is 0. The Bertz CT molecular complexity index is 347. The van der Waals surface area contributed by atoms with Crippen LogP contribution in [0.25, 0.3) is 0 Å². The van der Waals surface area contributed by atoms with Gasteiger partial charge in [0.05, 0.1) is 17.7 Å². The van der Waals surface area contributed by atoms with Crippen LogP contribution in [0.2, 0.25) is 0 Å². The Morgan fingerprint density at radius 1 is 1.77 bits per heavy atom. The monoisotopic (exact) mass is 181 g/mol. The summed E-state index contributed by atoms with van der Waals surface area (Å²) in [7, 11) is 0. The molecule has 1 atom stereocenters. The first-order valence-corrected chi connectivity index (χ1v) is 4.11. The molecule has 1 aromatic heterocycles. The molecule has 0 saturated carbocycles. The van der Waals surface area contributed by atoms with Crippen LogP contribution in [0.15, 0.2) is 6.33 Å². The zero-order valence-electron chi connectivity index (χ0n) is 7.29. The van der Waals surface area contributed by atoms with Gasteiger partial charge in [0.25, 0.3) is 0 Å². The van der Waals surface area contributed by atoms with Crippen molar-refractivity contribution in [2.24, 2.45) is 0 Å². The van der Waals surface area contributed by atoms with E-state index in [-0.39, 0.29) is 0 Å². The van der Waals surface area contributed by atoms with Gasteiger partial charge in [-0.15, -0.1) is 0 Å². The van der Waals surface area contributed by atoms with Crippen LogP contribution in [-0.4, -0.2) is 26.6 Å². The minimum atomic E-state index is -0.873. The number of nitrogens with zero attached hydrogens (tertiary/aromatic N) is 1. The Labute approximate surface area is 75.2 Å². The third-order valence-electron chi connectivity index (χ3n) is 2.46. The van der Waals surface area contributed by atoms with E-state index in [1.165, 1.54) is 0 Å². The van der Waals surface area contributed by atoms with Gasteiger partial charge in [0.2, 0.25) is 0 Å². The summed E-state index contributed by atoms with van der Waals surface area (Å²) in [5, 5.41) is 11.9. The van der Waals surface area contributed by atoms with Crippen LogP contribution in [-0.2, 0) is 17.8 Å². The van der Waals surface area contributed by atoms with Gasteiger partial charge in [-0.25, -0.2) is 4.98 Å². The first-order chi connectivity index (χ1) is 6.12. The topological polar surface area (TPSA) is 78.0 Å². The second-order valence-corrected chi connectivity index (χ2v) is 3.50. The Hall–Kier alpha value is -1.36. The molecule has 1 aliphatic rings. The van der Waals surface area contributed by atoms with E-state index in [4.69, 9.17) is 5.11 Å². The molecular weight excluding hydrogens is 170 g/mol. The summed E-state index contributed by atoms with van der Waals surface area (Å²) >= 11 is 0. The number of carboxylic acids is 1. The van der Waals surface area contributed by atoms with Crippen LogP contribution in [0.5, 0.6) is 0 Å². The molecule has 2 rings (SSSR count). The summed E-state index contributed by atoms with van der Waals surface area (Å²) in [5.41, 5.74) is 0.963. The molecule has 2 heterocycles. The summed E-state index contributed by atoms with van der Waals surface area (Å²) in [6.45, 7) is 2.21. The Morgan fingerprint density at radius 3 is 3.23 bits per heavy atom. The van der Waals surface area contributed by atoms with Gasteiger partial charge in [-0.2, -0.15) is 0 Å². The molecule has 13 heavy (non-hydrogen) atoms. The summed E-state index contributed by atoms with van der Waals surface area (Å²) in [4.78, 5) is 18.0. The number of aromatic nitrogens is 2. The molecule has 1 unspecified atom stereocenters. The molecule has 0 bridgehead atoms. The van der Waals surface area contributed by atoms with Gasteiger partial charge in [-0.3, -0.25) is 10.1 Å². The number of carbonyl (C=O) groups is 1. The van der Waals surface area contributed by atoms with Crippen molar-refractivity contribution in [3.05, 3.63) is 17.7 Å². The highest BCUT2D eigenvalue weighted by molar-refractivity contribution is 5.79. The first kappa shape index (κ1) is 8.25. The van der Waals surface area contributed by atoms with Gasteiger partial charge >= 0.3 is 5.97 Å². The summed E-state index contributed by atoms with van der Waals surface area (Å²) in [6.07, 6.45) is 2.03. The number of hydrogen-bond donors (Lipinski definition) is 3. The lowest BCUT2D eigenvalue weighted by atomic mass is 9.92. The van der Waals surface area contributed by atoms with Crippen LogP contribution in [0.3, 0.4) is 0 Å². The summed E-state index contributed by atoms with van der Waals surface area (Å²) in [6, 6.07) is 0. The highest BCUT2D eigenvalue weighted by Crippen LogP contribution is 2.20. The number of fused-ring (bicyclic) bond motifs is 1. The van der Waals surface area contributed by atoms with Gasteiger partial charge < -0.3 is 10.1 Å². The lowest BCUT2D eigenvalue weighted by Gasteiger charge is -2.29. The number of aliphatic carboxylic acids is 1. The average molecular weight is 181 g/mol. The predicted octanol–water partition coefficient (Wildman–Crippen LogP) is -0.101. The van der Waals surface area contributed by atoms with Crippen LogP contribution >= 0.6 is 0 Å². The zero-order chi connectivity index (χ0) is 9.47. The molecule has 0 fully saturated rings. The second-order valence-electron chi connectivity index (χ2n) is 3.50. The lowest BCUT2D eigenvalue weighted by Crippen LogP contribution is -2.53. The molecule has 0 spiro atoms. The van der Waals surface area contributed by atoms with Crippen LogP contribution in [0, 0.1) is 0 Å². The maximum Gasteiger partial charge on any atom is 0.324 e. The van der Waals surface area contributed by atoms with Crippen molar-refractivity contribution >= 4 is 5.97 Å². The van der Waals surface area contributed by atoms with E-state index in [1.54, 1.807) is 13.3 Å². The van der Waals surface area contributed by atoms with Gasteiger partial charge in [0.1, 0.15) is 5.54 Å².